The highest BCUT2D eigenvalue weighted by Gasteiger charge is 2.17. The van der Waals surface area contributed by atoms with Crippen molar-refractivity contribution >= 4 is 5.97 Å². The summed E-state index contributed by atoms with van der Waals surface area (Å²) in [5.41, 5.74) is 2.40. The highest BCUT2D eigenvalue weighted by molar-refractivity contribution is 5.69. The first-order valence-corrected chi connectivity index (χ1v) is 6.56. The van der Waals surface area contributed by atoms with Crippen LogP contribution in [0.1, 0.15) is 37.4 Å². The van der Waals surface area contributed by atoms with Gasteiger partial charge in [-0.3, -0.25) is 9.69 Å². The van der Waals surface area contributed by atoms with Gasteiger partial charge in [0.05, 0.1) is 13.1 Å². The fourth-order valence-electron chi connectivity index (χ4n) is 2.08. The number of hydrogen-bond donors (Lipinski definition) is 1. The summed E-state index contributed by atoms with van der Waals surface area (Å²) in [5, 5.41) is 8.91. The van der Waals surface area contributed by atoms with E-state index in [9.17, 15) is 4.79 Å². The van der Waals surface area contributed by atoms with Crippen molar-refractivity contribution in [1.82, 2.24) is 4.90 Å². The summed E-state index contributed by atoms with van der Waals surface area (Å²) in [7, 11) is 0. The molecule has 0 fully saturated rings. The van der Waals surface area contributed by atoms with Crippen molar-refractivity contribution in [2.75, 3.05) is 13.1 Å². The summed E-state index contributed by atoms with van der Waals surface area (Å²) in [6.07, 6.45) is 7.49. The number of carbonyl (C=O) groups is 1. The lowest BCUT2D eigenvalue weighted by Crippen LogP contribution is -2.32. The Kier molecular flexibility index (Phi) is 6.11. The highest BCUT2D eigenvalue weighted by atomic mass is 16.4. The van der Waals surface area contributed by atoms with Gasteiger partial charge >= 0.3 is 5.97 Å². The standard InChI is InChI=1S/C16H21NO2/c1-4-6-14-7-9-15(10-8-14)13(3)17(11-5-2)12-16(18)19/h2,7-10,13H,4,6,11-12H2,1,3H3,(H,18,19). The molecule has 1 atom stereocenters. The summed E-state index contributed by atoms with van der Waals surface area (Å²) in [4.78, 5) is 12.6. The van der Waals surface area contributed by atoms with Crippen LogP contribution in [0.5, 0.6) is 0 Å². The molecule has 3 nitrogen and oxygen atoms in total. The molecular weight excluding hydrogens is 238 g/mol. The van der Waals surface area contributed by atoms with Crippen molar-refractivity contribution < 1.29 is 9.90 Å². The highest BCUT2D eigenvalue weighted by Crippen LogP contribution is 2.20. The molecule has 1 aromatic rings. The van der Waals surface area contributed by atoms with E-state index in [1.54, 1.807) is 4.90 Å². The number of nitrogens with zero attached hydrogens (tertiary/aromatic N) is 1. The summed E-state index contributed by atoms with van der Waals surface area (Å²) in [5.74, 6) is 1.66. The third-order valence-electron chi connectivity index (χ3n) is 3.18. The van der Waals surface area contributed by atoms with Gasteiger partial charge < -0.3 is 5.11 Å². The maximum absolute atomic E-state index is 10.8. The summed E-state index contributed by atoms with van der Waals surface area (Å²) in [6.45, 7) is 4.43. The molecule has 0 amide bonds. The van der Waals surface area contributed by atoms with Crippen molar-refractivity contribution in [2.45, 2.75) is 32.7 Å². The molecule has 102 valence electrons. The predicted molar refractivity (Wildman–Crippen MR) is 76.9 cm³/mol. The lowest BCUT2D eigenvalue weighted by atomic mass is 10.0. The SMILES string of the molecule is C#CCN(CC(=O)O)C(C)c1ccc(CCC)cc1. The van der Waals surface area contributed by atoms with Gasteiger partial charge in [0, 0.05) is 6.04 Å². The van der Waals surface area contributed by atoms with E-state index in [2.05, 4.69) is 37.1 Å². The van der Waals surface area contributed by atoms with Crippen LogP contribution in [0.3, 0.4) is 0 Å². The molecule has 0 heterocycles. The van der Waals surface area contributed by atoms with Gasteiger partial charge in [-0.1, -0.05) is 43.5 Å². The van der Waals surface area contributed by atoms with Crippen molar-refractivity contribution in [3.63, 3.8) is 0 Å². The molecule has 1 aromatic carbocycles. The molecule has 0 aromatic heterocycles. The van der Waals surface area contributed by atoms with E-state index < -0.39 is 5.97 Å². The molecule has 1 rings (SSSR count). The molecule has 19 heavy (non-hydrogen) atoms. The molecule has 0 aliphatic heterocycles. The van der Waals surface area contributed by atoms with Crippen LogP contribution in [-0.2, 0) is 11.2 Å². The molecule has 0 saturated heterocycles. The van der Waals surface area contributed by atoms with Crippen molar-refractivity contribution in [2.24, 2.45) is 0 Å². The van der Waals surface area contributed by atoms with E-state index >= 15 is 0 Å². The van der Waals surface area contributed by atoms with Gasteiger partial charge in [-0.2, -0.15) is 0 Å². The number of aryl methyl sites for hydroxylation is 1. The molecule has 1 N–H and O–H groups in total. The zero-order valence-electron chi connectivity index (χ0n) is 11.6. The maximum atomic E-state index is 10.8. The topological polar surface area (TPSA) is 40.5 Å². The molecule has 0 saturated carbocycles. The van der Waals surface area contributed by atoms with E-state index in [4.69, 9.17) is 11.5 Å². The van der Waals surface area contributed by atoms with Gasteiger partial charge in [0.25, 0.3) is 0 Å². The van der Waals surface area contributed by atoms with E-state index in [1.807, 2.05) is 6.92 Å². The summed E-state index contributed by atoms with van der Waals surface area (Å²) < 4.78 is 0. The van der Waals surface area contributed by atoms with Crippen LogP contribution >= 0.6 is 0 Å². The first-order chi connectivity index (χ1) is 9.08. The van der Waals surface area contributed by atoms with Crippen LogP contribution in [0.15, 0.2) is 24.3 Å². The number of rotatable bonds is 7. The Labute approximate surface area is 115 Å². The Morgan fingerprint density at radius 3 is 2.53 bits per heavy atom. The molecule has 1 unspecified atom stereocenters. The second-order valence-electron chi connectivity index (χ2n) is 4.67. The average Bonchev–Trinajstić information content (AvgIpc) is 2.38. The fraction of sp³-hybridized carbons (Fsp3) is 0.438. The molecule has 0 aliphatic rings. The van der Waals surface area contributed by atoms with Crippen LogP contribution in [0.25, 0.3) is 0 Å². The van der Waals surface area contributed by atoms with Gasteiger partial charge in [-0.25, -0.2) is 0 Å². The monoisotopic (exact) mass is 259 g/mol. The number of aliphatic carboxylic acids is 1. The molecule has 0 bridgehead atoms. The van der Waals surface area contributed by atoms with Crippen LogP contribution < -0.4 is 0 Å². The van der Waals surface area contributed by atoms with Crippen LogP contribution in [0, 0.1) is 12.3 Å². The summed E-state index contributed by atoms with van der Waals surface area (Å²) >= 11 is 0. The first-order valence-electron chi connectivity index (χ1n) is 6.56. The number of benzene rings is 1. The Morgan fingerprint density at radius 2 is 2.05 bits per heavy atom. The fourth-order valence-corrected chi connectivity index (χ4v) is 2.08. The van der Waals surface area contributed by atoms with Gasteiger partial charge in [-0.05, 0) is 24.5 Å². The molecule has 0 aliphatic carbocycles. The quantitative estimate of drug-likeness (QED) is 0.765. The third kappa shape index (κ3) is 4.76. The van der Waals surface area contributed by atoms with Crippen molar-refractivity contribution in [3.05, 3.63) is 35.4 Å². The number of carboxylic acids is 1. The second kappa shape index (κ2) is 7.60. The van der Waals surface area contributed by atoms with Gasteiger partial charge in [0.1, 0.15) is 0 Å². The zero-order chi connectivity index (χ0) is 14.3. The Hall–Kier alpha value is -1.79. The van der Waals surface area contributed by atoms with E-state index in [1.165, 1.54) is 5.56 Å². The van der Waals surface area contributed by atoms with Crippen LogP contribution in [0.4, 0.5) is 0 Å². The molecule has 3 heteroatoms. The van der Waals surface area contributed by atoms with E-state index in [0.29, 0.717) is 6.54 Å². The van der Waals surface area contributed by atoms with Gasteiger partial charge in [0.15, 0.2) is 0 Å². The average molecular weight is 259 g/mol. The lowest BCUT2D eigenvalue weighted by Gasteiger charge is -2.26. The molecular formula is C16H21NO2. The largest absolute Gasteiger partial charge is 0.480 e. The van der Waals surface area contributed by atoms with Gasteiger partial charge in [-0.15, -0.1) is 6.42 Å². The normalized spacial score (nSPS) is 12.1. The minimum Gasteiger partial charge on any atom is -0.480 e. The smallest absolute Gasteiger partial charge is 0.317 e. The van der Waals surface area contributed by atoms with Gasteiger partial charge in [0.2, 0.25) is 0 Å². The Bertz CT molecular complexity index is 445. The second-order valence-corrected chi connectivity index (χ2v) is 4.67. The van der Waals surface area contributed by atoms with Crippen LogP contribution in [-0.4, -0.2) is 29.1 Å². The minimum absolute atomic E-state index is 0.00262. The van der Waals surface area contributed by atoms with Crippen molar-refractivity contribution in [1.29, 1.82) is 0 Å². The number of terminal acetylenes is 1. The molecule has 0 radical (unpaired) electrons. The summed E-state index contributed by atoms with van der Waals surface area (Å²) in [6, 6.07) is 8.32. The first kappa shape index (κ1) is 15.3. The van der Waals surface area contributed by atoms with E-state index in [-0.39, 0.29) is 12.6 Å². The maximum Gasteiger partial charge on any atom is 0.317 e. The lowest BCUT2D eigenvalue weighted by molar-refractivity contribution is -0.138. The number of hydrogen-bond acceptors (Lipinski definition) is 2. The van der Waals surface area contributed by atoms with Crippen LogP contribution in [0.2, 0.25) is 0 Å². The Balaban J connectivity index is 2.80. The number of carboxylic acid groups (broad SMARTS) is 1. The third-order valence-corrected chi connectivity index (χ3v) is 3.18. The molecule has 0 spiro atoms. The van der Waals surface area contributed by atoms with E-state index in [0.717, 1.165) is 18.4 Å². The minimum atomic E-state index is -0.857. The zero-order valence-corrected chi connectivity index (χ0v) is 11.6. The predicted octanol–water partition coefficient (Wildman–Crippen LogP) is 2.72. The van der Waals surface area contributed by atoms with Crippen molar-refractivity contribution in [3.8, 4) is 12.3 Å². The Morgan fingerprint density at radius 1 is 1.42 bits per heavy atom.